The van der Waals surface area contributed by atoms with Crippen LogP contribution in [0.3, 0.4) is 0 Å². The minimum Gasteiger partial charge on any atom is -0.502 e. The van der Waals surface area contributed by atoms with Crippen LogP contribution < -0.4 is 14.8 Å². The highest BCUT2D eigenvalue weighted by atomic mass is 16.5. The lowest BCUT2D eigenvalue weighted by atomic mass is 10.2. The van der Waals surface area contributed by atoms with Gasteiger partial charge in [-0.3, -0.25) is 9.89 Å². The maximum absolute atomic E-state index is 12.5. The molecule has 1 amide bonds. The van der Waals surface area contributed by atoms with Gasteiger partial charge in [0.05, 0.1) is 0 Å². The van der Waals surface area contributed by atoms with Crippen molar-refractivity contribution in [1.29, 1.82) is 0 Å². The first-order valence-electron chi connectivity index (χ1n) is 12.4. The third kappa shape index (κ3) is 5.70. The summed E-state index contributed by atoms with van der Waals surface area (Å²) in [7, 11) is 3.92. The minimum atomic E-state index is -0.119. The summed E-state index contributed by atoms with van der Waals surface area (Å²) in [5.74, 6) is 2.04. The highest BCUT2D eigenvalue weighted by Crippen LogP contribution is 2.42. The molecule has 2 aromatic carbocycles. The zero-order chi connectivity index (χ0) is 26.5. The molecule has 1 aliphatic rings. The fourth-order valence-electron chi connectivity index (χ4n) is 4.25. The average molecular weight is 515 g/mol. The normalized spacial score (nSPS) is 15.4. The number of fused-ring (bicyclic) bond motifs is 1. The summed E-state index contributed by atoms with van der Waals surface area (Å²) < 4.78 is 12.0. The number of ether oxygens (including phenoxy) is 2. The van der Waals surface area contributed by atoms with Gasteiger partial charge in [-0.15, -0.1) is 0 Å². The number of phenols is 1. The zero-order valence-electron chi connectivity index (χ0n) is 21.3. The Kier molecular flexibility index (Phi) is 7.41. The van der Waals surface area contributed by atoms with Gasteiger partial charge in [0, 0.05) is 44.0 Å². The van der Waals surface area contributed by atoms with Crippen LogP contribution in [0.25, 0.3) is 11.0 Å². The van der Waals surface area contributed by atoms with Crippen molar-refractivity contribution >= 4 is 22.8 Å². The van der Waals surface area contributed by atoms with Gasteiger partial charge in [0.25, 0.3) is 0 Å². The molecule has 196 valence electrons. The van der Waals surface area contributed by atoms with Crippen molar-refractivity contribution in [1.82, 2.24) is 25.0 Å². The number of rotatable bonds is 9. The summed E-state index contributed by atoms with van der Waals surface area (Å²) in [6.45, 7) is 1.94. The Morgan fingerprint density at radius 2 is 1.92 bits per heavy atom. The first kappa shape index (κ1) is 25.1. The van der Waals surface area contributed by atoms with Crippen LogP contribution in [-0.2, 0) is 4.79 Å². The molecule has 2 aromatic heterocycles. The Morgan fingerprint density at radius 3 is 2.71 bits per heavy atom. The van der Waals surface area contributed by atoms with Crippen molar-refractivity contribution in [2.75, 3.05) is 39.0 Å². The van der Waals surface area contributed by atoms with Gasteiger partial charge in [-0.2, -0.15) is 5.10 Å². The van der Waals surface area contributed by atoms with E-state index in [0.717, 1.165) is 6.42 Å². The van der Waals surface area contributed by atoms with E-state index in [0.29, 0.717) is 48.0 Å². The second kappa shape index (κ2) is 11.2. The van der Waals surface area contributed by atoms with Crippen molar-refractivity contribution in [3.8, 4) is 28.7 Å². The number of carbonyl (C=O) groups excluding carboxylic acids is 1. The molecule has 4 aromatic rings. The maximum Gasteiger partial charge on any atom is 0.246 e. The number of aromatic amines is 1. The fraction of sp³-hybridized carbons (Fsp3) is 0.250. The number of likely N-dealkylation sites (tertiary alicyclic amines) is 1. The van der Waals surface area contributed by atoms with Gasteiger partial charge in [-0.05, 0) is 44.8 Å². The average Bonchev–Trinajstić information content (AvgIpc) is 3.55. The second-order valence-corrected chi connectivity index (χ2v) is 9.30. The van der Waals surface area contributed by atoms with Gasteiger partial charge in [0.2, 0.25) is 11.7 Å². The Balaban J connectivity index is 1.32. The van der Waals surface area contributed by atoms with Crippen LogP contribution in [0.4, 0.5) is 5.82 Å². The van der Waals surface area contributed by atoms with Crippen LogP contribution in [0.5, 0.6) is 28.7 Å². The van der Waals surface area contributed by atoms with Crippen molar-refractivity contribution in [3.63, 3.8) is 0 Å². The number of aromatic hydroxyl groups is 1. The van der Waals surface area contributed by atoms with Crippen molar-refractivity contribution in [2.45, 2.75) is 12.5 Å². The molecule has 10 nitrogen and oxygen atoms in total. The molecule has 3 heterocycles. The molecule has 0 bridgehead atoms. The number of amides is 1. The molecule has 1 atom stereocenters. The number of likely N-dealkylation sites (N-methyl/N-ethyl adjacent to an activating group) is 1. The SMILES string of the molecule is CN(C)C/C=C/C(=O)N1CC[C@@H](Nc2n[nH]c3nccc(Oc4cccc(Oc5ccccc5)c4O)c23)C1. The van der Waals surface area contributed by atoms with Crippen LogP contribution in [0.1, 0.15) is 6.42 Å². The largest absolute Gasteiger partial charge is 0.502 e. The lowest BCUT2D eigenvalue weighted by Gasteiger charge is -2.16. The molecule has 0 saturated carbocycles. The number of pyridine rings is 1. The number of hydrogen-bond donors (Lipinski definition) is 3. The second-order valence-electron chi connectivity index (χ2n) is 9.30. The number of hydrogen-bond acceptors (Lipinski definition) is 8. The molecule has 38 heavy (non-hydrogen) atoms. The number of nitrogens with one attached hydrogen (secondary N) is 2. The number of phenolic OH excluding ortho intramolecular Hbond substituents is 1. The van der Waals surface area contributed by atoms with Crippen LogP contribution >= 0.6 is 0 Å². The number of para-hydroxylation sites is 2. The van der Waals surface area contributed by atoms with E-state index < -0.39 is 0 Å². The summed E-state index contributed by atoms with van der Waals surface area (Å²) in [5, 5.41) is 22.3. The summed E-state index contributed by atoms with van der Waals surface area (Å²) in [6, 6.07) is 16.0. The molecule has 0 aliphatic carbocycles. The first-order chi connectivity index (χ1) is 18.5. The Labute approximate surface area is 220 Å². The fourth-order valence-corrected chi connectivity index (χ4v) is 4.25. The molecule has 3 N–H and O–H groups in total. The number of H-pyrrole nitrogens is 1. The van der Waals surface area contributed by atoms with E-state index in [-0.39, 0.29) is 29.2 Å². The Hall–Kier alpha value is -4.57. The van der Waals surface area contributed by atoms with Crippen LogP contribution in [0, 0.1) is 0 Å². The molecule has 0 radical (unpaired) electrons. The van der Waals surface area contributed by atoms with Gasteiger partial charge in [0.1, 0.15) is 16.9 Å². The first-order valence-corrected chi connectivity index (χ1v) is 12.4. The number of benzene rings is 2. The van der Waals surface area contributed by atoms with E-state index in [4.69, 9.17) is 9.47 Å². The van der Waals surface area contributed by atoms with Crippen molar-refractivity contribution in [2.24, 2.45) is 0 Å². The van der Waals surface area contributed by atoms with E-state index in [1.165, 1.54) is 0 Å². The molecule has 5 rings (SSSR count). The lowest BCUT2D eigenvalue weighted by Crippen LogP contribution is -2.30. The number of aromatic nitrogens is 3. The molecule has 1 fully saturated rings. The lowest BCUT2D eigenvalue weighted by molar-refractivity contribution is -0.125. The van der Waals surface area contributed by atoms with E-state index in [1.54, 1.807) is 48.7 Å². The molecule has 0 spiro atoms. The van der Waals surface area contributed by atoms with Gasteiger partial charge in [0.15, 0.2) is 23.0 Å². The predicted octanol–water partition coefficient (Wildman–Crippen LogP) is 4.38. The summed E-state index contributed by atoms with van der Waals surface area (Å²) >= 11 is 0. The molecular formula is C28H30N6O4. The number of carbonyl (C=O) groups is 1. The van der Waals surface area contributed by atoms with Gasteiger partial charge < -0.3 is 29.7 Å². The third-order valence-corrected chi connectivity index (χ3v) is 6.15. The standard InChI is InChI=1S/C28H30N6O4/c1-33(2)16-7-12-24(35)34-17-14-19(18-34)30-28-25-21(13-15-29-27(25)31-32-28)38-23-11-6-10-22(26(23)36)37-20-8-4-3-5-9-20/h3-13,15,19,36H,14,16-18H2,1-2H3,(H2,29,30,31,32)/b12-7+/t19-/m1/s1. The number of nitrogens with zero attached hydrogens (tertiary/aromatic N) is 4. The number of anilines is 1. The van der Waals surface area contributed by atoms with Crippen LogP contribution in [-0.4, -0.2) is 75.8 Å². The van der Waals surface area contributed by atoms with Gasteiger partial charge >= 0.3 is 0 Å². The highest BCUT2D eigenvalue weighted by molar-refractivity contribution is 5.93. The van der Waals surface area contributed by atoms with Crippen LogP contribution in [0.2, 0.25) is 0 Å². The summed E-state index contributed by atoms with van der Waals surface area (Å²) in [6.07, 6.45) is 5.90. The summed E-state index contributed by atoms with van der Waals surface area (Å²) in [4.78, 5) is 20.7. The molecular weight excluding hydrogens is 484 g/mol. The van der Waals surface area contributed by atoms with Gasteiger partial charge in [-0.1, -0.05) is 30.3 Å². The predicted molar refractivity (Wildman–Crippen MR) is 145 cm³/mol. The van der Waals surface area contributed by atoms with Crippen molar-refractivity contribution in [3.05, 3.63) is 72.9 Å². The van der Waals surface area contributed by atoms with E-state index in [1.807, 2.05) is 48.2 Å². The van der Waals surface area contributed by atoms with Crippen LogP contribution in [0.15, 0.2) is 72.9 Å². The highest BCUT2D eigenvalue weighted by Gasteiger charge is 2.27. The van der Waals surface area contributed by atoms with E-state index in [9.17, 15) is 9.90 Å². The maximum atomic E-state index is 12.5. The molecule has 1 aliphatic heterocycles. The Bertz CT molecular complexity index is 1440. The quantitative estimate of drug-likeness (QED) is 0.282. The Morgan fingerprint density at radius 1 is 1.13 bits per heavy atom. The zero-order valence-corrected chi connectivity index (χ0v) is 21.3. The summed E-state index contributed by atoms with van der Waals surface area (Å²) in [5.41, 5.74) is 0.540. The van der Waals surface area contributed by atoms with E-state index >= 15 is 0 Å². The van der Waals surface area contributed by atoms with Gasteiger partial charge in [-0.25, -0.2) is 4.98 Å². The third-order valence-electron chi connectivity index (χ3n) is 6.15. The molecule has 1 saturated heterocycles. The molecule has 10 heteroatoms. The molecule has 0 unspecified atom stereocenters. The smallest absolute Gasteiger partial charge is 0.246 e. The minimum absolute atomic E-state index is 0.00167. The monoisotopic (exact) mass is 514 g/mol. The van der Waals surface area contributed by atoms with E-state index in [2.05, 4.69) is 20.5 Å². The topological polar surface area (TPSA) is 116 Å². The van der Waals surface area contributed by atoms with Crippen molar-refractivity contribution < 1.29 is 19.4 Å².